The first-order chi connectivity index (χ1) is 6.93. The van der Waals surface area contributed by atoms with Gasteiger partial charge in [-0.05, 0) is 24.7 Å². The van der Waals surface area contributed by atoms with Gasteiger partial charge in [-0.25, -0.2) is 0 Å². The van der Waals surface area contributed by atoms with Crippen molar-refractivity contribution >= 4 is 11.9 Å². The maximum Gasteiger partial charge on any atom is 0.305 e. The Labute approximate surface area is 89.0 Å². The maximum atomic E-state index is 11.6. The molecule has 0 aromatic carbocycles. The summed E-state index contributed by atoms with van der Waals surface area (Å²) in [7, 11) is 0. The van der Waals surface area contributed by atoms with Crippen LogP contribution in [0.1, 0.15) is 45.4 Å². The van der Waals surface area contributed by atoms with Crippen LogP contribution in [0.2, 0.25) is 0 Å². The fourth-order valence-electron chi connectivity index (χ4n) is 3.32. The van der Waals surface area contributed by atoms with Crippen molar-refractivity contribution in [1.82, 2.24) is 5.32 Å². The Balaban J connectivity index is 2.22. The van der Waals surface area contributed by atoms with Crippen molar-refractivity contribution in [3.05, 3.63) is 0 Å². The zero-order valence-electron chi connectivity index (χ0n) is 9.01. The highest BCUT2D eigenvalue weighted by Crippen LogP contribution is 2.47. The highest BCUT2D eigenvalue weighted by molar-refractivity contribution is 5.80. The van der Waals surface area contributed by atoms with Gasteiger partial charge in [0.25, 0.3) is 0 Å². The summed E-state index contributed by atoms with van der Waals surface area (Å²) in [5.74, 6) is -0.800. The molecule has 1 heterocycles. The lowest BCUT2D eigenvalue weighted by atomic mass is 9.62. The quantitative estimate of drug-likeness (QED) is 0.723. The first kappa shape index (κ1) is 10.5. The van der Waals surface area contributed by atoms with E-state index in [9.17, 15) is 9.59 Å². The molecular formula is C11H17NO3. The molecule has 1 saturated carbocycles. The lowest BCUT2D eigenvalue weighted by Gasteiger charge is -2.50. The Bertz CT molecular complexity index is 311. The molecule has 0 aromatic rings. The molecule has 2 fully saturated rings. The Morgan fingerprint density at radius 2 is 2.27 bits per heavy atom. The van der Waals surface area contributed by atoms with Crippen LogP contribution >= 0.6 is 0 Å². The van der Waals surface area contributed by atoms with Gasteiger partial charge in [0.2, 0.25) is 5.91 Å². The van der Waals surface area contributed by atoms with Crippen LogP contribution in [0.5, 0.6) is 0 Å². The van der Waals surface area contributed by atoms with E-state index in [0.717, 1.165) is 25.7 Å². The minimum Gasteiger partial charge on any atom is -0.481 e. The van der Waals surface area contributed by atoms with Crippen molar-refractivity contribution in [2.75, 3.05) is 0 Å². The molecule has 0 aromatic heterocycles. The van der Waals surface area contributed by atoms with E-state index in [-0.39, 0.29) is 17.7 Å². The molecule has 2 aliphatic rings. The number of carboxylic acid groups (broad SMARTS) is 1. The van der Waals surface area contributed by atoms with Crippen LogP contribution in [-0.4, -0.2) is 22.5 Å². The van der Waals surface area contributed by atoms with Crippen LogP contribution < -0.4 is 5.32 Å². The summed E-state index contributed by atoms with van der Waals surface area (Å²) in [4.78, 5) is 22.4. The first-order valence-corrected chi connectivity index (χ1v) is 5.46. The van der Waals surface area contributed by atoms with Crippen molar-refractivity contribution in [1.29, 1.82) is 0 Å². The van der Waals surface area contributed by atoms with Crippen molar-refractivity contribution < 1.29 is 14.7 Å². The molecule has 0 radical (unpaired) electrons. The van der Waals surface area contributed by atoms with Gasteiger partial charge in [-0.15, -0.1) is 0 Å². The minimum atomic E-state index is -0.818. The number of nitrogens with one attached hydrogen (secondary N) is 1. The van der Waals surface area contributed by atoms with Gasteiger partial charge in [-0.1, -0.05) is 13.3 Å². The van der Waals surface area contributed by atoms with E-state index >= 15 is 0 Å². The smallest absolute Gasteiger partial charge is 0.305 e. The van der Waals surface area contributed by atoms with Gasteiger partial charge < -0.3 is 10.4 Å². The number of carboxylic acids is 1. The molecule has 1 aliphatic heterocycles. The van der Waals surface area contributed by atoms with Gasteiger partial charge in [0.1, 0.15) is 0 Å². The molecule has 0 unspecified atom stereocenters. The van der Waals surface area contributed by atoms with Crippen LogP contribution in [0.3, 0.4) is 0 Å². The number of fused-ring (bicyclic) bond motifs is 2. The van der Waals surface area contributed by atoms with Crippen molar-refractivity contribution in [3.8, 4) is 0 Å². The number of piperidine rings is 1. The second kappa shape index (κ2) is 3.22. The Morgan fingerprint density at radius 1 is 1.53 bits per heavy atom. The van der Waals surface area contributed by atoms with Gasteiger partial charge in [-0.2, -0.15) is 0 Å². The van der Waals surface area contributed by atoms with Gasteiger partial charge in [-0.3, -0.25) is 9.59 Å². The molecule has 2 bridgehead atoms. The summed E-state index contributed by atoms with van der Waals surface area (Å²) in [6.45, 7) is 2.10. The molecule has 4 heteroatoms. The number of rotatable bonds is 2. The van der Waals surface area contributed by atoms with E-state index in [1.165, 1.54) is 0 Å². The fourth-order valence-corrected chi connectivity index (χ4v) is 3.32. The first-order valence-electron chi connectivity index (χ1n) is 5.46. The summed E-state index contributed by atoms with van der Waals surface area (Å²) >= 11 is 0. The summed E-state index contributed by atoms with van der Waals surface area (Å²) in [6, 6.07) is 0. The van der Waals surface area contributed by atoms with Gasteiger partial charge in [0, 0.05) is 6.42 Å². The SMILES string of the molecule is C[C@@]12CCC[C@](CC(=O)O)(C1)NC(=O)C2. The van der Waals surface area contributed by atoms with E-state index in [1.807, 2.05) is 0 Å². The number of hydrogen-bond acceptors (Lipinski definition) is 2. The van der Waals surface area contributed by atoms with E-state index < -0.39 is 11.5 Å². The largest absolute Gasteiger partial charge is 0.481 e. The summed E-state index contributed by atoms with van der Waals surface area (Å²) in [5, 5.41) is 11.8. The van der Waals surface area contributed by atoms with Crippen molar-refractivity contribution in [2.24, 2.45) is 5.41 Å². The predicted octanol–water partition coefficient (Wildman–Crippen LogP) is 1.30. The van der Waals surface area contributed by atoms with Gasteiger partial charge in [0.15, 0.2) is 0 Å². The molecule has 1 amide bonds. The molecular weight excluding hydrogens is 194 g/mol. The third-order valence-electron chi connectivity index (χ3n) is 3.68. The van der Waals surface area contributed by atoms with E-state index in [0.29, 0.717) is 6.42 Å². The topological polar surface area (TPSA) is 66.4 Å². The second-order valence-corrected chi connectivity index (χ2v) is 5.42. The zero-order valence-corrected chi connectivity index (χ0v) is 9.01. The van der Waals surface area contributed by atoms with Crippen LogP contribution in [-0.2, 0) is 9.59 Å². The minimum absolute atomic E-state index is 0.0182. The van der Waals surface area contributed by atoms with E-state index in [4.69, 9.17) is 5.11 Å². The Hall–Kier alpha value is -1.06. The summed E-state index contributed by atoms with van der Waals surface area (Å²) in [5.41, 5.74) is -0.440. The molecule has 1 saturated heterocycles. The predicted molar refractivity (Wildman–Crippen MR) is 54.3 cm³/mol. The fraction of sp³-hybridized carbons (Fsp3) is 0.818. The number of carbonyl (C=O) groups excluding carboxylic acids is 1. The van der Waals surface area contributed by atoms with Crippen LogP contribution in [0, 0.1) is 5.41 Å². The highest BCUT2D eigenvalue weighted by atomic mass is 16.4. The molecule has 2 atom stereocenters. The third kappa shape index (κ3) is 1.98. The Morgan fingerprint density at radius 3 is 2.93 bits per heavy atom. The lowest BCUT2D eigenvalue weighted by molar-refractivity contribution is -0.142. The number of aliphatic carboxylic acids is 1. The molecule has 84 valence electrons. The van der Waals surface area contributed by atoms with Crippen LogP contribution in [0.4, 0.5) is 0 Å². The molecule has 2 rings (SSSR count). The van der Waals surface area contributed by atoms with E-state index in [2.05, 4.69) is 12.2 Å². The number of amides is 1. The van der Waals surface area contributed by atoms with E-state index in [1.54, 1.807) is 0 Å². The molecule has 2 N–H and O–H groups in total. The molecule has 15 heavy (non-hydrogen) atoms. The monoisotopic (exact) mass is 211 g/mol. The second-order valence-electron chi connectivity index (χ2n) is 5.42. The summed E-state index contributed by atoms with van der Waals surface area (Å²) in [6.07, 6.45) is 4.30. The van der Waals surface area contributed by atoms with Crippen molar-refractivity contribution in [3.63, 3.8) is 0 Å². The third-order valence-corrected chi connectivity index (χ3v) is 3.68. The van der Waals surface area contributed by atoms with Crippen molar-refractivity contribution in [2.45, 2.75) is 51.0 Å². The maximum absolute atomic E-state index is 11.6. The average Bonchev–Trinajstić information content (AvgIpc) is 1.97. The lowest BCUT2D eigenvalue weighted by Crippen LogP contribution is -2.59. The number of carbonyl (C=O) groups is 2. The standard InChI is InChI=1S/C11H17NO3/c1-10-3-2-4-11(7-10,6-9(14)15)12-8(13)5-10/h2-7H2,1H3,(H,12,13)(H,14,15)/t10-,11-/m0/s1. The van der Waals surface area contributed by atoms with Crippen LogP contribution in [0.25, 0.3) is 0 Å². The highest BCUT2D eigenvalue weighted by Gasteiger charge is 2.49. The Kier molecular flexibility index (Phi) is 2.24. The zero-order chi connectivity index (χ0) is 11.1. The average molecular weight is 211 g/mol. The van der Waals surface area contributed by atoms with Gasteiger partial charge >= 0.3 is 5.97 Å². The summed E-state index contributed by atoms with van der Waals surface area (Å²) < 4.78 is 0. The molecule has 4 nitrogen and oxygen atoms in total. The normalized spacial score (nSPS) is 39.7. The number of hydrogen-bond donors (Lipinski definition) is 2. The molecule has 1 aliphatic carbocycles. The van der Waals surface area contributed by atoms with Gasteiger partial charge in [0.05, 0.1) is 12.0 Å². The van der Waals surface area contributed by atoms with Crippen LogP contribution in [0.15, 0.2) is 0 Å². The molecule has 0 spiro atoms.